The summed E-state index contributed by atoms with van der Waals surface area (Å²) in [4.78, 5) is 0. The zero-order chi connectivity index (χ0) is 15.3. The molecule has 0 aromatic heterocycles. The van der Waals surface area contributed by atoms with Crippen LogP contribution in [0.3, 0.4) is 0 Å². The molecule has 1 aromatic rings. The van der Waals surface area contributed by atoms with Gasteiger partial charge in [-0.3, -0.25) is 0 Å². The fourth-order valence-corrected chi connectivity index (χ4v) is 3.58. The second-order valence-electron chi connectivity index (χ2n) is 5.88. The molecule has 1 saturated carbocycles. The number of rotatable bonds is 5. The maximum atomic E-state index is 10.8. The third-order valence-corrected chi connectivity index (χ3v) is 5.14. The van der Waals surface area contributed by atoms with E-state index in [1.807, 2.05) is 19.1 Å². The fourth-order valence-electron chi connectivity index (χ4n) is 3.26. The second-order valence-corrected chi connectivity index (χ2v) is 6.69. The van der Waals surface area contributed by atoms with E-state index >= 15 is 0 Å². The van der Waals surface area contributed by atoms with Crippen LogP contribution in [0, 0.1) is 0 Å². The first-order valence-corrected chi connectivity index (χ1v) is 8.59. The number of ether oxygens (including phenoxy) is 1. The monoisotopic (exact) mass is 330 g/mol. The van der Waals surface area contributed by atoms with E-state index in [9.17, 15) is 5.11 Å². The van der Waals surface area contributed by atoms with Gasteiger partial charge in [0.2, 0.25) is 0 Å². The van der Waals surface area contributed by atoms with Crippen LogP contribution in [-0.4, -0.2) is 23.4 Å². The average Bonchev–Trinajstić information content (AvgIpc) is 2.70. The second kappa shape index (κ2) is 7.82. The van der Waals surface area contributed by atoms with Crippen molar-refractivity contribution in [2.75, 3.05) is 6.61 Å². The van der Waals surface area contributed by atoms with Gasteiger partial charge in [0.1, 0.15) is 0 Å². The number of hydrogen-bond donors (Lipinski definition) is 1. The third kappa shape index (κ3) is 4.35. The molecule has 2 nitrogen and oxygen atoms in total. The predicted octanol–water partition coefficient (Wildman–Crippen LogP) is 5.03. The maximum absolute atomic E-state index is 10.8. The molecule has 118 valence electrons. The molecule has 1 N–H and O–H groups in total. The molecule has 0 bridgehead atoms. The molecule has 4 heteroatoms. The van der Waals surface area contributed by atoms with Crippen molar-refractivity contribution in [1.29, 1.82) is 0 Å². The molecule has 2 rings (SSSR count). The zero-order valence-electron chi connectivity index (χ0n) is 12.6. The summed E-state index contributed by atoms with van der Waals surface area (Å²) in [6, 6.07) is 5.55. The number of benzene rings is 1. The van der Waals surface area contributed by atoms with Gasteiger partial charge >= 0.3 is 0 Å². The van der Waals surface area contributed by atoms with E-state index < -0.39 is 11.7 Å². The molecule has 0 spiro atoms. The Bertz CT molecular complexity index is 454. The predicted molar refractivity (Wildman–Crippen MR) is 88.2 cm³/mol. The minimum absolute atomic E-state index is 0.405. The lowest BCUT2D eigenvalue weighted by atomic mass is 9.84. The van der Waals surface area contributed by atoms with E-state index in [2.05, 4.69) is 0 Å². The highest BCUT2D eigenvalue weighted by Gasteiger charge is 2.38. The SMILES string of the molecule is CCOC1(C(O)Cc2ccc(Cl)c(Cl)c2)CCCCCC1. The van der Waals surface area contributed by atoms with Gasteiger partial charge in [0.15, 0.2) is 0 Å². The normalized spacial score (nSPS) is 20.0. The Balaban J connectivity index is 2.13. The Hall–Kier alpha value is -0.280. The molecular formula is C17H24Cl2O2. The lowest BCUT2D eigenvalue weighted by Crippen LogP contribution is -2.46. The zero-order valence-corrected chi connectivity index (χ0v) is 14.1. The molecule has 0 heterocycles. The topological polar surface area (TPSA) is 29.5 Å². The molecule has 1 atom stereocenters. The van der Waals surface area contributed by atoms with Crippen molar-refractivity contribution in [3.63, 3.8) is 0 Å². The van der Waals surface area contributed by atoms with Gasteiger partial charge in [0, 0.05) is 13.0 Å². The summed E-state index contributed by atoms with van der Waals surface area (Å²) in [5.41, 5.74) is 0.595. The molecular weight excluding hydrogens is 307 g/mol. The molecule has 1 fully saturated rings. The van der Waals surface area contributed by atoms with Crippen LogP contribution in [0.25, 0.3) is 0 Å². The van der Waals surface area contributed by atoms with Crippen molar-refractivity contribution >= 4 is 23.2 Å². The Kier molecular flexibility index (Phi) is 6.36. The van der Waals surface area contributed by atoms with Gasteiger partial charge in [-0.25, -0.2) is 0 Å². The minimum Gasteiger partial charge on any atom is -0.390 e. The highest BCUT2D eigenvalue weighted by Crippen LogP contribution is 2.35. The molecule has 0 saturated heterocycles. The molecule has 1 aromatic carbocycles. The largest absolute Gasteiger partial charge is 0.390 e. The van der Waals surface area contributed by atoms with Crippen LogP contribution in [0.5, 0.6) is 0 Å². The maximum Gasteiger partial charge on any atom is 0.0943 e. The number of hydrogen-bond acceptors (Lipinski definition) is 2. The van der Waals surface area contributed by atoms with E-state index in [1.165, 1.54) is 12.8 Å². The Morgan fingerprint density at radius 2 is 1.81 bits per heavy atom. The van der Waals surface area contributed by atoms with E-state index in [0.717, 1.165) is 31.2 Å². The van der Waals surface area contributed by atoms with E-state index in [1.54, 1.807) is 6.07 Å². The van der Waals surface area contributed by atoms with Crippen LogP contribution in [0.15, 0.2) is 18.2 Å². The first-order valence-electron chi connectivity index (χ1n) is 7.83. The Morgan fingerprint density at radius 3 is 2.38 bits per heavy atom. The van der Waals surface area contributed by atoms with E-state index in [4.69, 9.17) is 27.9 Å². The first kappa shape index (κ1) is 17.1. The van der Waals surface area contributed by atoms with Crippen LogP contribution in [0.4, 0.5) is 0 Å². The van der Waals surface area contributed by atoms with Gasteiger partial charge in [0.05, 0.1) is 21.8 Å². The highest BCUT2D eigenvalue weighted by molar-refractivity contribution is 6.42. The van der Waals surface area contributed by atoms with Crippen LogP contribution in [-0.2, 0) is 11.2 Å². The quantitative estimate of drug-likeness (QED) is 0.767. The number of aliphatic hydroxyl groups excluding tert-OH is 1. The summed E-state index contributed by atoms with van der Waals surface area (Å²) in [6.45, 7) is 2.64. The van der Waals surface area contributed by atoms with Crippen molar-refractivity contribution in [3.05, 3.63) is 33.8 Å². The molecule has 0 amide bonds. The van der Waals surface area contributed by atoms with Crippen molar-refractivity contribution in [2.24, 2.45) is 0 Å². The van der Waals surface area contributed by atoms with Gasteiger partial charge in [-0.15, -0.1) is 0 Å². The Labute approximate surface area is 137 Å². The average molecular weight is 331 g/mol. The minimum atomic E-state index is -0.507. The molecule has 1 aliphatic rings. The molecule has 0 aliphatic heterocycles. The Morgan fingerprint density at radius 1 is 1.14 bits per heavy atom. The van der Waals surface area contributed by atoms with Gasteiger partial charge in [-0.2, -0.15) is 0 Å². The van der Waals surface area contributed by atoms with Gasteiger partial charge in [-0.05, 0) is 37.5 Å². The van der Waals surface area contributed by atoms with Crippen molar-refractivity contribution in [1.82, 2.24) is 0 Å². The van der Waals surface area contributed by atoms with E-state index in [0.29, 0.717) is 23.1 Å². The standard InChI is InChI=1S/C17H24Cl2O2/c1-2-21-17(9-5-3-4-6-10-17)16(20)12-13-7-8-14(18)15(19)11-13/h7-8,11,16,20H,2-6,9-10,12H2,1H3. The van der Waals surface area contributed by atoms with Crippen molar-refractivity contribution in [3.8, 4) is 0 Å². The molecule has 1 unspecified atom stereocenters. The number of aliphatic hydroxyl groups is 1. The van der Waals surface area contributed by atoms with Crippen LogP contribution < -0.4 is 0 Å². The van der Waals surface area contributed by atoms with Crippen LogP contribution in [0.2, 0.25) is 10.0 Å². The van der Waals surface area contributed by atoms with Crippen LogP contribution >= 0.6 is 23.2 Å². The first-order chi connectivity index (χ1) is 10.1. The fraction of sp³-hybridized carbons (Fsp3) is 0.647. The molecule has 0 radical (unpaired) electrons. The van der Waals surface area contributed by atoms with Gasteiger partial charge < -0.3 is 9.84 Å². The lowest BCUT2D eigenvalue weighted by Gasteiger charge is -2.37. The summed E-state index contributed by atoms with van der Waals surface area (Å²) in [7, 11) is 0. The van der Waals surface area contributed by atoms with Gasteiger partial charge in [-0.1, -0.05) is 55.0 Å². The summed E-state index contributed by atoms with van der Waals surface area (Å²) in [5, 5.41) is 11.9. The molecule has 1 aliphatic carbocycles. The number of halogens is 2. The summed E-state index contributed by atoms with van der Waals surface area (Å²) in [6.07, 6.45) is 6.62. The molecule has 21 heavy (non-hydrogen) atoms. The summed E-state index contributed by atoms with van der Waals surface area (Å²) < 4.78 is 6.03. The summed E-state index contributed by atoms with van der Waals surface area (Å²) in [5.74, 6) is 0. The smallest absolute Gasteiger partial charge is 0.0943 e. The van der Waals surface area contributed by atoms with Crippen LogP contribution in [0.1, 0.15) is 51.0 Å². The third-order valence-electron chi connectivity index (χ3n) is 4.40. The van der Waals surface area contributed by atoms with Crippen molar-refractivity contribution < 1.29 is 9.84 Å². The lowest BCUT2D eigenvalue weighted by molar-refractivity contribution is -0.128. The summed E-state index contributed by atoms with van der Waals surface area (Å²) >= 11 is 12.0. The van der Waals surface area contributed by atoms with Gasteiger partial charge in [0.25, 0.3) is 0 Å². The highest BCUT2D eigenvalue weighted by atomic mass is 35.5. The van der Waals surface area contributed by atoms with E-state index in [-0.39, 0.29) is 0 Å². The van der Waals surface area contributed by atoms with Crippen molar-refractivity contribution in [2.45, 2.75) is 63.6 Å².